The van der Waals surface area contributed by atoms with Gasteiger partial charge in [-0.05, 0) is 63.7 Å². The molecule has 4 rings (SSSR count). The third-order valence-corrected chi connectivity index (χ3v) is 4.19. The fourth-order valence-electron chi connectivity index (χ4n) is 2.51. The number of hydrogen-bond donors (Lipinski definition) is 0. The highest BCUT2D eigenvalue weighted by molar-refractivity contribution is 14.1. The van der Waals surface area contributed by atoms with E-state index in [4.69, 9.17) is 0 Å². The van der Waals surface area contributed by atoms with E-state index in [-0.39, 0.29) is 0 Å². The van der Waals surface area contributed by atoms with Crippen LogP contribution in [0.2, 0.25) is 0 Å². The van der Waals surface area contributed by atoms with Crippen LogP contribution >= 0.6 is 22.6 Å². The highest BCUT2D eigenvalue weighted by Gasteiger charge is 2.05. The van der Waals surface area contributed by atoms with Gasteiger partial charge in [0.1, 0.15) is 5.82 Å². The van der Waals surface area contributed by atoms with E-state index in [9.17, 15) is 0 Å². The van der Waals surface area contributed by atoms with Crippen LogP contribution in [0.3, 0.4) is 0 Å². The highest BCUT2D eigenvalue weighted by Crippen LogP contribution is 2.23. The molecule has 2 heterocycles. The number of nitrogens with zero attached hydrogens (tertiary/aromatic N) is 2. The molecule has 3 heteroatoms. The molecule has 0 saturated carbocycles. The van der Waals surface area contributed by atoms with Gasteiger partial charge in [-0.1, -0.05) is 24.3 Å². The van der Waals surface area contributed by atoms with Gasteiger partial charge in [0, 0.05) is 21.4 Å². The first-order valence-corrected chi connectivity index (χ1v) is 7.51. The Morgan fingerprint density at radius 3 is 2.70 bits per heavy atom. The second-order valence-corrected chi connectivity index (χ2v) is 6.02. The number of benzene rings is 2. The van der Waals surface area contributed by atoms with Crippen molar-refractivity contribution >= 4 is 44.3 Å². The molecule has 0 N–H and O–H groups in total. The number of hydrogen-bond acceptors (Lipinski definition) is 1. The minimum atomic E-state index is 0.959. The molecule has 0 atom stereocenters. The van der Waals surface area contributed by atoms with Crippen LogP contribution in [-0.2, 0) is 0 Å². The van der Waals surface area contributed by atoms with Crippen LogP contribution in [0.5, 0.6) is 0 Å². The average molecular weight is 366 g/mol. The van der Waals surface area contributed by atoms with Gasteiger partial charge in [0.05, 0.1) is 5.52 Å². The fourth-order valence-corrected chi connectivity index (χ4v) is 3.03. The van der Waals surface area contributed by atoms with Gasteiger partial charge >= 0.3 is 0 Å². The molecule has 0 bridgehead atoms. The largest absolute Gasteiger partial charge is 0.301 e. The molecule has 2 nitrogen and oxygen atoms in total. The molecule has 96 valence electrons. The minimum Gasteiger partial charge on any atom is -0.301 e. The smallest absolute Gasteiger partial charge is 0.137 e. The zero-order valence-corrected chi connectivity index (χ0v) is 12.8. The molecule has 0 aliphatic heterocycles. The van der Waals surface area contributed by atoms with Crippen molar-refractivity contribution in [2.45, 2.75) is 0 Å². The lowest BCUT2D eigenvalue weighted by atomic mass is 10.2. The number of pyridine rings is 1. The molecule has 0 fully saturated rings. The maximum atomic E-state index is 4.59. The molecule has 2 aromatic carbocycles. The van der Waals surface area contributed by atoms with Gasteiger partial charge in [-0.15, -0.1) is 0 Å². The second-order valence-electron chi connectivity index (χ2n) is 4.78. The molecule has 0 radical (unpaired) electrons. The lowest BCUT2D eigenvalue weighted by Crippen LogP contribution is -1.95. The summed E-state index contributed by atoms with van der Waals surface area (Å²) in [5, 5.41) is 3.63. The van der Waals surface area contributed by atoms with Crippen molar-refractivity contribution in [2.75, 3.05) is 0 Å². The minimum absolute atomic E-state index is 0.959. The Bertz CT molecular complexity index is 924. The monoisotopic (exact) mass is 366 g/mol. The molecule has 0 aliphatic rings. The molecule has 0 unspecified atom stereocenters. The van der Waals surface area contributed by atoms with Gasteiger partial charge in [-0.25, -0.2) is 4.98 Å². The molecule has 0 amide bonds. The molecule has 0 aliphatic carbocycles. The van der Waals surface area contributed by atoms with Gasteiger partial charge in [0.15, 0.2) is 0 Å². The quantitative estimate of drug-likeness (QED) is 0.443. The number of halogens is 1. The van der Waals surface area contributed by atoms with E-state index in [1.165, 1.54) is 25.2 Å². The van der Waals surface area contributed by atoms with Gasteiger partial charge < -0.3 is 4.57 Å². The molecule has 0 spiro atoms. The zero-order valence-electron chi connectivity index (χ0n) is 10.6. The van der Waals surface area contributed by atoms with E-state index in [1.807, 2.05) is 6.20 Å². The van der Waals surface area contributed by atoms with Gasteiger partial charge in [0.2, 0.25) is 0 Å². The Labute approximate surface area is 130 Å². The molecule has 4 aromatic rings. The van der Waals surface area contributed by atoms with Crippen molar-refractivity contribution in [1.82, 2.24) is 9.55 Å². The molecular formula is C17H11IN2. The van der Waals surface area contributed by atoms with E-state index in [2.05, 4.69) is 92.9 Å². The lowest BCUT2D eigenvalue weighted by Gasteiger charge is -2.06. The van der Waals surface area contributed by atoms with Crippen molar-refractivity contribution in [1.29, 1.82) is 0 Å². The van der Waals surface area contributed by atoms with Crippen LogP contribution in [0.15, 0.2) is 67.0 Å². The van der Waals surface area contributed by atoms with Gasteiger partial charge in [-0.3, -0.25) is 0 Å². The topological polar surface area (TPSA) is 17.8 Å². The predicted molar refractivity (Wildman–Crippen MR) is 91.3 cm³/mol. The number of rotatable bonds is 1. The van der Waals surface area contributed by atoms with Crippen LogP contribution in [0.25, 0.3) is 27.5 Å². The van der Waals surface area contributed by atoms with Crippen molar-refractivity contribution in [3.05, 3.63) is 70.6 Å². The highest BCUT2D eigenvalue weighted by atomic mass is 123. The van der Waals surface area contributed by atoms with Gasteiger partial charge in [0.25, 0.3) is 0 Å². The van der Waals surface area contributed by atoms with Crippen molar-refractivity contribution in [3.63, 3.8) is 0 Å². The van der Waals surface area contributed by atoms with E-state index in [0.717, 1.165) is 5.82 Å². The number of aromatic nitrogens is 2. The van der Waals surface area contributed by atoms with Crippen molar-refractivity contribution in [2.24, 2.45) is 0 Å². The summed E-state index contributed by atoms with van der Waals surface area (Å²) < 4.78 is 3.37. The van der Waals surface area contributed by atoms with Crippen molar-refractivity contribution in [3.8, 4) is 5.82 Å². The lowest BCUT2D eigenvalue weighted by molar-refractivity contribution is 1.05. The average Bonchev–Trinajstić information content (AvgIpc) is 2.90. The Hall–Kier alpha value is -1.88. The zero-order chi connectivity index (χ0) is 13.5. The summed E-state index contributed by atoms with van der Waals surface area (Å²) in [6.45, 7) is 0. The molecule has 20 heavy (non-hydrogen) atoms. The maximum Gasteiger partial charge on any atom is 0.137 e. The summed E-state index contributed by atoms with van der Waals surface area (Å²) in [5.74, 6) is 0.959. The summed E-state index contributed by atoms with van der Waals surface area (Å²) in [5.41, 5.74) is 1.19. The van der Waals surface area contributed by atoms with E-state index >= 15 is 0 Å². The number of fused-ring (bicyclic) bond motifs is 2. The summed E-state index contributed by atoms with van der Waals surface area (Å²) in [7, 11) is 0. The molecule has 2 aromatic heterocycles. The third-order valence-electron chi connectivity index (χ3n) is 3.52. The Morgan fingerprint density at radius 1 is 0.850 bits per heavy atom. The van der Waals surface area contributed by atoms with Crippen LogP contribution in [0.4, 0.5) is 0 Å². The van der Waals surface area contributed by atoms with E-state index in [1.54, 1.807) is 0 Å². The summed E-state index contributed by atoms with van der Waals surface area (Å²) in [4.78, 5) is 4.59. The first-order chi connectivity index (χ1) is 9.81. The second kappa shape index (κ2) is 4.59. The molecular weight excluding hydrogens is 355 g/mol. The SMILES string of the molecule is [123I]c1ccc2cnc(-n3ccc4ccccc43)cc2c1. The first-order valence-electron chi connectivity index (χ1n) is 6.43. The van der Waals surface area contributed by atoms with Crippen molar-refractivity contribution < 1.29 is 0 Å². The summed E-state index contributed by atoms with van der Waals surface area (Å²) >= 11 is 2.34. The van der Waals surface area contributed by atoms with E-state index in [0.29, 0.717) is 0 Å². The maximum absolute atomic E-state index is 4.59. The standard InChI is InChI=1S/C17H11IN2/c18-15-6-5-13-11-19-17(10-14(13)9-15)20-8-7-12-3-1-2-4-16(12)20/h1-11H/i18-4. The normalized spacial score (nSPS) is 11.2. The van der Waals surface area contributed by atoms with Crippen LogP contribution in [0.1, 0.15) is 0 Å². The van der Waals surface area contributed by atoms with Crippen LogP contribution in [0, 0.1) is 3.57 Å². The predicted octanol–water partition coefficient (Wildman–Crippen LogP) is 4.78. The van der Waals surface area contributed by atoms with Gasteiger partial charge in [-0.2, -0.15) is 0 Å². The molecule has 0 saturated heterocycles. The van der Waals surface area contributed by atoms with E-state index < -0.39 is 0 Å². The Morgan fingerprint density at radius 2 is 1.75 bits per heavy atom. The number of para-hydroxylation sites is 1. The van der Waals surface area contributed by atoms with Crippen LogP contribution in [-0.4, -0.2) is 9.55 Å². The van der Waals surface area contributed by atoms with Crippen LogP contribution < -0.4 is 0 Å². The Kier molecular flexibility index (Phi) is 2.73. The summed E-state index contributed by atoms with van der Waals surface area (Å²) in [6.07, 6.45) is 4.02. The Balaban J connectivity index is 1.97. The first kappa shape index (κ1) is 11.9. The summed E-state index contributed by atoms with van der Waals surface area (Å²) in [6, 6.07) is 19.0. The fraction of sp³-hybridized carbons (Fsp3) is 0. The third kappa shape index (κ3) is 1.89.